The van der Waals surface area contributed by atoms with E-state index < -0.39 is 0 Å². The Morgan fingerprint density at radius 3 is 2.65 bits per heavy atom. The number of rotatable bonds is 8. The van der Waals surface area contributed by atoms with E-state index in [1.165, 1.54) is 12.8 Å². The van der Waals surface area contributed by atoms with E-state index in [0.29, 0.717) is 18.5 Å². The van der Waals surface area contributed by atoms with Crippen LogP contribution in [0.25, 0.3) is 0 Å². The van der Waals surface area contributed by atoms with E-state index in [0.717, 1.165) is 25.1 Å². The van der Waals surface area contributed by atoms with Crippen LogP contribution in [0.4, 0.5) is 5.95 Å². The summed E-state index contributed by atoms with van der Waals surface area (Å²) in [5, 5.41) is 6.06. The van der Waals surface area contributed by atoms with Crippen LogP contribution >= 0.6 is 0 Å². The molecule has 1 aromatic heterocycles. The van der Waals surface area contributed by atoms with Gasteiger partial charge >= 0.3 is 0 Å². The van der Waals surface area contributed by atoms with E-state index in [-0.39, 0.29) is 5.91 Å². The summed E-state index contributed by atoms with van der Waals surface area (Å²) in [4.78, 5) is 22.2. The first-order valence-corrected chi connectivity index (χ1v) is 7.22. The molecular formula is C14H23N5O. The SMILES string of the molecule is CCCN(CC(=O)NC)c1ncc(CNC2CC2)cn1. The predicted octanol–water partition coefficient (Wildman–Crippen LogP) is 0.691. The summed E-state index contributed by atoms with van der Waals surface area (Å²) >= 11 is 0. The van der Waals surface area contributed by atoms with Gasteiger partial charge in [0.15, 0.2) is 0 Å². The number of hydrogen-bond donors (Lipinski definition) is 2. The summed E-state index contributed by atoms with van der Waals surface area (Å²) in [6, 6.07) is 0.680. The smallest absolute Gasteiger partial charge is 0.239 e. The van der Waals surface area contributed by atoms with Gasteiger partial charge in [-0.1, -0.05) is 6.92 Å². The standard InChI is InChI=1S/C14H23N5O/c1-3-6-19(10-13(20)15-2)14-17-8-11(9-18-14)7-16-12-4-5-12/h8-9,12,16H,3-7,10H2,1-2H3,(H,15,20). The molecule has 0 aliphatic heterocycles. The molecule has 110 valence electrons. The highest BCUT2D eigenvalue weighted by molar-refractivity contribution is 5.80. The van der Waals surface area contributed by atoms with Gasteiger partial charge in [0.25, 0.3) is 0 Å². The molecule has 2 N–H and O–H groups in total. The Hall–Kier alpha value is -1.69. The van der Waals surface area contributed by atoms with Crippen molar-refractivity contribution in [3.63, 3.8) is 0 Å². The van der Waals surface area contributed by atoms with Gasteiger partial charge in [-0.05, 0) is 19.3 Å². The fourth-order valence-corrected chi connectivity index (χ4v) is 1.92. The number of likely N-dealkylation sites (N-methyl/N-ethyl adjacent to an activating group) is 1. The normalized spacial score (nSPS) is 14.1. The molecule has 1 fully saturated rings. The van der Waals surface area contributed by atoms with Crippen molar-refractivity contribution in [3.05, 3.63) is 18.0 Å². The lowest BCUT2D eigenvalue weighted by molar-refractivity contribution is -0.119. The summed E-state index contributed by atoms with van der Waals surface area (Å²) in [6.07, 6.45) is 7.17. The lowest BCUT2D eigenvalue weighted by Crippen LogP contribution is -2.37. The van der Waals surface area contributed by atoms with Crippen LogP contribution in [0, 0.1) is 0 Å². The molecule has 1 saturated carbocycles. The summed E-state index contributed by atoms with van der Waals surface area (Å²) in [6.45, 7) is 3.95. The molecule has 0 unspecified atom stereocenters. The average Bonchev–Trinajstić information content (AvgIpc) is 3.29. The second-order valence-electron chi connectivity index (χ2n) is 5.14. The molecule has 1 heterocycles. The van der Waals surface area contributed by atoms with Crippen LogP contribution in [0.2, 0.25) is 0 Å². The van der Waals surface area contributed by atoms with Gasteiger partial charge in [0.05, 0.1) is 6.54 Å². The summed E-state index contributed by atoms with van der Waals surface area (Å²) in [7, 11) is 1.64. The lowest BCUT2D eigenvalue weighted by Gasteiger charge is -2.20. The van der Waals surface area contributed by atoms with Gasteiger partial charge in [0, 0.05) is 44.1 Å². The maximum Gasteiger partial charge on any atom is 0.239 e. The van der Waals surface area contributed by atoms with E-state index in [4.69, 9.17) is 0 Å². The highest BCUT2D eigenvalue weighted by Crippen LogP contribution is 2.19. The Kier molecular flexibility index (Phi) is 5.29. The molecule has 0 saturated heterocycles. The van der Waals surface area contributed by atoms with Crippen LogP contribution in [-0.2, 0) is 11.3 Å². The van der Waals surface area contributed by atoms with E-state index in [9.17, 15) is 4.79 Å². The van der Waals surface area contributed by atoms with Gasteiger partial charge in [-0.15, -0.1) is 0 Å². The van der Waals surface area contributed by atoms with Gasteiger partial charge in [-0.3, -0.25) is 4.79 Å². The molecule has 6 heteroatoms. The topological polar surface area (TPSA) is 70.2 Å². The summed E-state index contributed by atoms with van der Waals surface area (Å²) in [5.41, 5.74) is 1.08. The van der Waals surface area contributed by atoms with Gasteiger partial charge in [-0.25, -0.2) is 9.97 Å². The first kappa shape index (κ1) is 14.7. The molecular weight excluding hydrogens is 254 g/mol. The number of carbonyl (C=O) groups excluding carboxylic acids is 1. The second kappa shape index (κ2) is 7.19. The molecule has 20 heavy (non-hydrogen) atoms. The maximum absolute atomic E-state index is 11.5. The van der Waals surface area contributed by atoms with Crippen molar-refractivity contribution in [2.24, 2.45) is 0 Å². The van der Waals surface area contributed by atoms with Crippen molar-refractivity contribution in [2.75, 3.05) is 25.0 Å². The minimum absolute atomic E-state index is 0.0264. The number of aromatic nitrogens is 2. The predicted molar refractivity (Wildman–Crippen MR) is 78.5 cm³/mol. The zero-order valence-corrected chi connectivity index (χ0v) is 12.2. The fourth-order valence-electron chi connectivity index (χ4n) is 1.92. The van der Waals surface area contributed by atoms with Crippen molar-refractivity contribution in [2.45, 2.75) is 38.8 Å². The second-order valence-corrected chi connectivity index (χ2v) is 5.14. The van der Waals surface area contributed by atoms with E-state index in [1.807, 2.05) is 17.3 Å². The van der Waals surface area contributed by atoms with Gasteiger partial charge in [0.1, 0.15) is 0 Å². The van der Waals surface area contributed by atoms with Gasteiger partial charge in [-0.2, -0.15) is 0 Å². The van der Waals surface area contributed by atoms with Crippen LogP contribution in [0.3, 0.4) is 0 Å². The third-order valence-electron chi connectivity index (χ3n) is 3.25. The number of amides is 1. The molecule has 2 rings (SSSR count). The Bertz CT molecular complexity index is 430. The monoisotopic (exact) mass is 277 g/mol. The van der Waals surface area contributed by atoms with Crippen molar-refractivity contribution < 1.29 is 4.79 Å². The molecule has 0 spiro atoms. The first-order chi connectivity index (χ1) is 9.72. The maximum atomic E-state index is 11.5. The zero-order chi connectivity index (χ0) is 14.4. The number of nitrogens with zero attached hydrogens (tertiary/aromatic N) is 3. The molecule has 1 aliphatic carbocycles. The lowest BCUT2D eigenvalue weighted by atomic mass is 10.3. The third kappa shape index (κ3) is 4.45. The number of nitrogens with one attached hydrogen (secondary N) is 2. The molecule has 6 nitrogen and oxygen atoms in total. The Morgan fingerprint density at radius 2 is 2.10 bits per heavy atom. The van der Waals surface area contributed by atoms with Crippen LogP contribution in [0.5, 0.6) is 0 Å². The van der Waals surface area contributed by atoms with E-state index >= 15 is 0 Å². The average molecular weight is 277 g/mol. The minimum Gasteiger partial charge on any atom is -0.358 e. The highest BCUT2D eigenvalue weighted by Gasteiger charge is 2.20. The van der Waals surface area contributed by atoms with Gasteiger partial charge in [0.2, 0.25) is 11.9 Å². The van der Waals surface area contributed by atoms with Crippen LogP contribution < -0.4 is 15.5 Å². The zero-order valence-electron chi connectivity index (χ0n) is 12.2. The number of hydrogen-bond acceptors (Lipinski definition) is 5. The van der Waals surface area contributed by atoms with Crippen LogP contribution in [0.1, 0.15) is 31.7 Å². The first-order valence-electron chi connectivity index (χ1n) is 7.22. The molecule has 1 aromatic rings. The molecule has 1 aliphatic rings. The Morgan fingerprint density at radius 1 is 1.40 bits per heavy atom. The Labute approximate surface area is 120 Å². The van der Waals surface area contributed by atoms with E-state index in [2.05, 4.69) is 27.5 Å². The highest BCUT2D eigenvalue weighted by atomic mass is 16.1. The largest absolute Gasteiger partial charge is 0.358 e. The Balaban J connectivity index is 1.94. The minimum atomic E-state index is -0.0264. The number of carbonyl (C=O) groups is 1. The number of anilines is 1. The summed E-state index contributed by atoms with van der Waals surface area (Å²) < 4.78 is 0. The van der Waals surface area contributed by atoms with Crippen molar-refractivity contribution in [1.29, 1.82) is 0 Å². The van der Waals surface area contributed by atoms with E-state index in [1.54, 1.807) is 7.05 Å². The van der Waals surface area contributed by atoms with Crippen LogP contribution in [0.15, 0.2) is 12.4 Å². The molecule has 0 radical (unpaired) electrons. The fraction of sp³-hybridized carbons (Fsp3) is 0.643. The van der Waals surface area contributed by atoms with Gasteiger partial charge < -0.3 is 15.5 Å². The molecule has 0 bridgehead atoms. The molecule has 1 amide bonds. The molecule has 0 aromatic carbocycles. The van der Waals surface area contributed by atoms with Crippen molar-refractivity contribution in [3.8, 4) is 0 Å². The van der Waals surface area contributed by atoms with Crippen LogP contribution in [-0.4, -0.2) is 42.1 Å². The van der Waals surface area contributed by atoms with Crippen molar-refractivity contribution >= 4 is 11.9 Å². The summed E-state index contributed by atoms with van der Waals surface area (Å²) in [5.74, 6) is 0.590. The van der Waals surface area contributed by atoms with Crippen molar-refractivity contribution in [1.82, 2.24) is 20.6 Å². The quantitative estimate of drug-likeness (QED) is 0.731. The third-order valence-corrected chi connectivity index (χ3v) is 3.25. The molecule has 0 atom stereocenters.